The molecule has 2 aliphatic heterocycles. The highest BCUT2D eigenvalue weighted by Gasteiger charge is 2.28. The predicted molar refractivity (Wildman–Crippen MR) is 135 cm³/mol. The van der Waals surface area contributed by atoms with Gasteiger partial charge in [0.05, 0.1) is 12.2 Å². The van der Waals surface area contributed by atoms with E-state index in [9.17, 15) is 9.18 Å². The van der Waals surface area contributed by atoms with Crippen LogP contribution >= 0.6 is 0 Å². The van der Waals surface area contributed by atoms with Crippen molar-refractivity contribution in [3.63, 3.8) is 0 Å². The summed E-state index contributed by atoms with van der Waals surface area (Å²) in [4.78, 5) is 13.0. The summed E-state index contributed by atoms with van der Waals surface area (Å²) in [6, 6.07) is 16.5. The maximum Gasteiger partial charge on any atom is 0.254 e. The Hall–Kier alpha value is -3.58. The molecule has 188 valence electrons. The van der Waals surface area contributed by atoms with E-state index in [1.165, 1.54) is 6.07 Å². The van der Waals surface area contributed by atoms with Gasteiger partial charge in [-0.3, -0.25) is 4.79 Å². The van der Waals surface area contributed by atoms with Crippen LogP contribution in [-0.4, -0.2) is 32.4 Å². The van der Waals surface area contributed by atoms with Crippen LogP contribution in [0.3, 0.4) is 0 Å². The van der Waals surface area contributed by atoms with Gasteiger partial charge in [0.25, 0.3) is 5.91 Å². The van der Waals surface area contributed by atoms with Crippen molar-refractivity contribution in [2.24, 2.45) is 5.92 Å². The maximum atomic E-state index is 14.7. The van der Waals surface area contributed by atoms with Crippen molar-refractivity contribution < 1.29 is 23.4 Å². The van der Waals surface area contributed by atoms with E-state index in [-0.39, 0.29) is 24.2 Å². The van der Waals surface area contributed by atoms with Crippen LogP contribution in [-0.2, 0) is 6.54 Å². The van der Waals surface area contributed by atoms with Gasteiger partial charge in [0.2, 0.25) is 6.79 Å². The number of benzene rings is 3. The van der Waals surface area contributed by atoms with Crippen molar-refractivity contribution in [1.82, 2.24) is 10.6 Å². The standard InChI is InChI=1S/C29H31FN2O4/c1-18-4-3-5-19(2)25(18)15-32-29(33)24-12-20(6-8-26(24)30)23-10-11-31-14-21(23)16-34-22-7-9-27-28(13-22)36-17-35-27/h3-9,12-13,21,23,31H,10-11,14-17H2,1-2H3,(H,32,33)/t21-,23-/m0/s1. The predicted octanol–water partition coefficient (Wildman–Crippen LogP) is 4.87. The quantitative estimate of drug-likeness (QED) is 0.495. The molecule has 0 radical (unpaired) electrons. The van der Waals surface area contributed by atoms with Gasteiger partial charge in [-0.25, -0.2) is 4.39 Å². The number of halogens is 1. The first-order valence-electron chi connectivity index (χ1n) is 12.4. The summed E-state index contributed by atoms with van der Waals surface area (Å²) < 4.78 is 31.6. The van der Waals surface area contributed by atoms with Gasteiger partial charge < -0.3 is 24.8 Å². The summed E-state index contributed by atoms with van der Waals surface area (Å²) in [5, 5.41) is 6.34. The van der Waals surface area contributed by atoms with Crippen molar-refractivity contribution in [2.75, 3.05) is 26.5 Å². The molecule has 7 heteroatoms. The molecule has 2 atom stereocenters. The lowest BCUT2D eigenvalue weighted by molar-refractivity contribution is 0.0946. The van der Waals surface area contributed by atoms with Crippen molar-refractivity contribution in [3.8, 4) is 17.2 Å². The summed E-state index contributed by atoms with van der Waals surface area (Å²) in [6.45, 7) is 6.73. The van der Waals surface area contributed by atoms with Gasteiger partial charge >= 0.3 is 0 Å². The Labute approximate surface area is 210 Å². The van der Waals surface area contributed by atoms with E-state index in [1.54, 1.807) is 12.1 Å². The molecule has 0 aromatic heterocycles. The van der Waals surface area contributed by atoms with Crippen LogP contribution in [0.2, 0.25) is 0 Å². The van der Waals surface area contributed by atoms with Gasteiger partial charge in [-0.2, -0.15) is 0 Å². The lowest BCUT2D eigenvalue weighted by atomic mass is 9.81. The smallest absolute Gasteiger partial charge is 0.254 e. The van der Waals surface area contributed by atoms with Crippen LogP contribution in [0, 0.1) is 25.6 Å². The fraction of sp³-hybridized carbons (Fsp3) is 0.345. The van der Waals surface area contributed by atoms with Crippen molar-refractivity contribution in [2.45, 2.75) is 32.7 Å². The summed E-state index contributed by atoms with van der Waals surface area (Å²) in [7, 11) is 0. The second kappa shape index (κ2) is 10.6. The molecule has 0 aliphatic carbocycles. The molecule has 2 aliphatic rings. The highest BCUT2D eigenvalue weighted by Crippen LogP contribution is 2.36. The van der Waals surface area contributed by atoms with Gasteiger partial charge in [0.15, 0.2) is 11.5 Å². The molecule has 1 fully saturated rings. The number of hydrogen-bond acceptors (Lipinski definition) is 5. The minimum absolute atomic E-state index is 0.0766. The lowest BCUT2D eigenvalue weighted by Gasteiger charge is -2.32. The third-order valence-electron chi connectivity index (χ3n) is 7.15. The Morgan fingerprint density at radius 3 is 2.72 bits per heavy atom. The number of piperidine rings is 1. The average Bonchev–Trinajstić information content (AvgIpc) is 3.35. The molecule has 6 nitrogen and oxygen atoms in total. The Morgan fingerprint density at radius 1 is 1.08 bits per heavy atom. The van der Waals surface area contributed by atoms with Gasteiger partial charge in [-0.05, 0) is 79.3 Å². The summed E-state index contributed by atoms with van der Waals surface area (Å²) in [6.07, 6.45) is 0.879. The number of fused-ring (bicyclic) bond motifs is 1. The Balaban J connectivity index is 1.28. The number of carbonyl (C=O) groups excluding carboxylic acids is 1. The third-order valence-corrected chi connectivity index (χ3v) is 7.15. The highest BCUT2D eigenvalue weighted by atomic mass is 19.1. The average molecular weight is 491 g/mol. The van der Waals surface area contributed by atoms with Gasteiger partial charge in [0.1, 0.15) is 11.6 Å². The molecule has 3 aromatic rings. The number of nitrogens with one attached hydrogen (secondary N) is 2. The van der Waals surface area contributed by atoms with E-state index < -0.39 is 11.7 Å². The Kier molecular flexibility index (Phi) is 7.09. The SMILES string of the molecule is Cc1cccc(C)c1CNC(=O)c1cc([C@@H]2CCNC[C@H]2COc2ccc3c(c2)OCO3)ccc1F. The number of ether oxygens (including phenoxy) is 3. The summed E-state index contributed by atoms with van der Waals surface area (Å²) in [5.74, 6) is 1.51. The maximum absolute atomic E-state index is 14.7. The van der Waals surface area contributed by atoms with Crippen LogP contribution in [0.4, 0.5) is 4.39 Å². The summed E-state index contributed by atoms with van der Waals surface area (Å²) in [5.41, 5.74) is 4.29. The largest absolute Gasteiger partial charge is 0.493 e. The van der Waals surface area contributed by atoms with Crippen LogP contribution in [0.5, 0.6) is 17.2 Å². The fourth-order valence-corrected chi connectivity index (χ4v) is 5.05. The van der Waals surface area contributed by atoms with Crippen LogP contribution in [0.25, 0.3) is 0 Å². The fourth-order valence-electron chi connectivity index (χ4n) is 5.05. The van der Waals surface area contributed by atoms with Crippen LogP contribution in [0.1, 0.15) is 45.0 Å². The van der Waals surface area contributed by atoms with E-state index >= 15 is 0 Å². The van der Waals surface area contributed by atoms with E-state index in [2.05, 4.69) is 10.6 Å². The van der Waals surface area contributed by atoms with Gasteiger partial charge in [-0.15, -0.1) is 0 Å². The normalized spacial score (nSPS) is 18.6. The first-order valence-corrected chi connectivity index (χ1v) is 12.4. The van der Waals surface area contributed by atoms with E-state index in [0.717, 1.165) is 41.8 Å². The zero-order chi connectivity index (χ0) is 25.1. The monoisotopic (exact) mass is 490 g/mol. The molecule has 0 saturated carbocycles. The minimum Gasteiger partial charge on any atom is -0.493 e. The third kappa shape index (κ3) is 5.16. The first kappa shape index (κ1) is 24.1. The van der Waals surface area contributed by atoms with Gasteiger partial charge in [0, 0.05) is 25.1 Å². The van der Waals surface area contributed by atoms with Crippen molar-refractivity contribution in [3.05, 3.63) is 88.2 Å². The number of aryl methyl sites for hydroxylation is 2. The molecule has 2 N–H and O–H groups in total. The minimum atomic E-state index is -0.514. The van der Waals surface area contributed by atoms with Crippen molar-refractivity contribution in [1.29, 1.82) is 0 Å². The molecule has 2 heterocycles. The Morgan fingerprint density at radius 2 is 1.89 bits per heavy atom. The summed E-state index contributed by atoms with van der Waals surface area (Å²) >= 11 is 0. The molecule has 1 saturated heterocycles. The van der Waals surface area contributed by atoms with Gasteiger partial charge in [-0.1, -0.05) is 24.3 Å². The topological polar surface area (TPSA) is 68.8 Å². The Bertz CT molecular complexity index is 1240. The molecular formula is C29H31FN2O4. The molecule has 0 spiro atoms. The highest BCUT2D eigenvalue weighted by molar-refractivity contribution is 5.94. The second-order valence-electron chi connectivity index (χ2n) is 9.48. The molecule has 0 unspecified atom stereocenters. The van der Waals surface area contributed by atoms with E-state index in [0.29, 0.717) is 30.4 Å². The number of carbonyl (C=O) groups is 1. The molecule has 3 aromatic carbocycles. The zero-order valence-corrected chi connectivity index (χ0v) is 20.6. The molecule has 5 rings (SSSR count). The van der Waals surface area contributed by atoms with E-state index in [1.807, 2.05) is 50.2 Å². The van der Waals surface area contributed by atoms with Crippen LogP contribution in [0.15, 0.2) is 54.6 Å². The number of amides is 1. The van der Waals surface area contributed by atoms with Crippen molar-refractivity contribution >= 4 is 5.91 Å². The number of hydrogen-bond donors (Lipinski definition) is 2. The molecule has 36 heavy (non-hydrogen) atoms. The second-order valence-corrected chi connectivity index (χ2v) is 9.48. The molecular weight excluding hydrogens is 459 g/mol. The molecule has 1 amide bonds. The molecule has 0 bridgehead atoms. The lowest BCUT2D eigenvalue weighted by Crippen LogP contribution is -2.38. The first-order chi connectivity index (χ1) is 17.5. The van der Waals surface area contributed by atoms with Crippen LogP contribution < -0.4 is 24.8 Å². The zero-order valence-electron chi connectivity index (χ0n) is 20.6. The number of rotatable bonds is 7. The van der Waals surface area contributed by atoms with E-state index in [4.69, 9.17) is 14.2 Å².